The van der Waals surface area contributed by atoms with Crippen LogP contribution in [0.1, 0.15) is 63.6 Å². The first-order chi connectivity index (χ1) is 15.1. The van der Waals surface area contributed by atoms with E-state index in [1.807, 2.05) is 6.07 Å². The highest BCUT2D eigenvalue weighted by atomic mass is 32.2. The molecule has 0 N–H and O–H groups in total. The number of hydrogen-bond acceptors (Lipinski definition) is 4. The highest BCUT2D eigenvalue weighted by Gasteiger charge is 2.38. The Morgan fingerprint density at radius 3 is 2.59 bits per heavy atom. The Labute approximate surface area is 193 Å². The van der Waals surface area contributed by atoms with E-state index in [2.05, 4.69) is 51.7 Å². The van der Waals surface area contributed by atoms with Crippen molar-refractivity contribution in [3.8, 4) is 0 Å². The molecule has 0 saturated carbocycles. The summed E-state index contributed by atoms with van der Waals surface area (Å²) in [7, 11) is 0. The number of fused-ring (bicyclic) bond motifs is 1. The van der Waals surface area contributed by atoms with Crippen LogP contribution in [0.4, 0.5) is 14.9 Å². The molecule has 0 unspecified atom stereocenters. The van der Waals surface area contributed by atoms with E-state index >= 15 is 0 Å². The van der Waals surface area contributed by atoms with Crippen molar-refractivity contribution < 1.29 is 14.0 Å². The SMILES string of the molecule is CC(C)N1c2ccc(/C=C3\SC(=O)N(Cc4ccccc4F)C3=O)cc2[C@@H](C)CC1(C)C. The molecule has 4 nitrogen and oxygen atoms in total. The number of nitrogens with zero attached hydrogens (tertiary/aromatic N) is 2. The van der Waals surface area contributed by atoms with E-state index < -0.39 is 5.82 Å². The summed E-state index contributed by atoms with van der Waals surface area (Å²) in [5.41, 5.74) is 3.79. The molecule has 0 aliphatic carbocycles. The van der Waals surface area contributed by atoms with Gasteiger partial charge < -0.3 is 4.90 Å². The van der Waals surface area contributed by atoms with Gasteiger partial charge in [0.25, 0.3) is 11.1 Å². The highest BCUT2D eigenvalue weighted by Crippen LogP contribution is 2.45. The van der Waals surface area contributed by atoms with Crippen LogP contribution in [0.3, 0.4) is 0 Å². The van der Waals surface area contributed by atoms with Crippen LogP contribution in [-0.2, 0) is 11.3 Å². The maximum absolute atomic E-state index is 14.0. The van der Waals surface area contributed by atoms with Crippen LogP contribution in [0.5, 0.6) is 0 Å². The number of hydrogen-bond donors (Lipinski definition) is 0. The first kappa shape index (κ1) is 22.6. The van der Waals surface area contributed by atoms with Gasteiger partial charge >= 0.3 is 0 Å². The lowest BCUT2D eigenvalue weighted by Gasteiger charge is -2.50. The molecule has 2 aromatic carbocycles. The number of halogens is 1. The topological polar surface area (TPSA) is 40.6 Å². The molecule has 2 heterocycles. The van der Waals surface area contributed by atoms with E-state index in [0.29, 0.717) is 22.4 Å². The fraction of sp³-hybridized carbons (Fsp3) is 0.385. The third-order valence-corrected chi connectivity index (χ3v) is 7.18. The summed E-state index contributed by atoms with van der Waals surface area (Å²) in [6.07, 6.45) is 2.82. The van der Waals surface area contributed by atoms with E-state index in [1.54, 1.807) is 24.3 Å². The molecule has 168 valence electrons. The molecule has 0 bridgehead atoms. The second kappa shape index (κ2) is 8.39. The lowest BCUT2D eigenvalue weighted by atomic mass is 9.79. The number of rotatable bonds is 4. The molecule has 2 aromatic rings. The molecule has 2 aliphatic heterocycles. The zero-order valence-corrected chi connectivity index (χ0v) is 20.0. The Kier molecular flexibility index (Phi) is 5.93. The molecule has 2 aliphatic rings. The Morgan fingerprint density at radius 1 is 1.19 bits per heavy atom. The predicted octanol–water partition coefficient (Wildman–Crippen LogP) is 6.56. The predicted molar refractivity (Wildman–Crippen MR) is 129 cm³/mol. The average molecular weight is 453 g/mol. The van der Waals surface area contributed by atoms with E-state index in [4.69, 9.17) is 0 Å². The zero-order valence-electron chi connectivity index (χ0n) is 19.2. The van der Waals surface area contributed by atoms with Crippen molar-refractivity contribution in [2.45, 2.75) is 65.1 Å². The van der Waals surface area contributed by atoms with Gasteiger partial charge in [0.2, 0.25) is 0 Å². The minimum Gasteiger partial charge on any atom is -0.364 e. The van der Waals surface area contributed by atoms with Gasteiger partial charge in [0.15, 0.2) is 0 Å². The summed E-state index contributed by atoms with van der Waals surface area (Å²) >= 11 is 0.911. The number of carbonyl (C=O) groups is 2. The van der Waals surface area contributed by atoms with Crippen molar-refractivity contribution in [2.24, 2.45) is 0 Å². The van der Waals surface area contributed by atoms with E-state index in [0.717, 1.165) is 28.6 Å². The van der Waals surface area contributed by atoms with Crippen LogP contribution in [-0.4, -0.2) is 27.6 Å². The second-order valence-electron chi connectivity index (χ2n) is 9.56. The van der Waals surface area contributed by atoms with E-state index in [9.17, 15) is 14.0 Å². The van der Waals surface area contributed by atoms with Gasteiger partial charge in [0, 0.05) is 22.8 Å². The number of imide groups is 1. The first-order valence-electron chi connectivity index (χ1n) is 11.0. The molecule has 32 heavy (non-hydrogen) atoms. The van der Waals surface area contributed by atoms with E-state index in [1.165, 1.54) is 17.3 Å². The molecule has 1 fully saturated rings. The Morgan fingerprint density at radius 2 is 1.91 bits per heavy atom. The van der Waals surface area contributed by atoms with E-state index in [-0.39, 0.29) is 23.2 Å². The molecule has 0 aromatic heterocycles. The monoisotopic (exact) mass is 452 g/mol. The normalized spacial score (nSPS) is 21.6. The van der Waals surface area contributed by atoms with Gasteiger partial charge in [-0.1, -0.05) is 31.2 Å². The zero-order chi connectivity index (χ0) is 23.2. The number of amides is 2. The summed E-state index contributed by atoms with van der Waals surface area (Å²) in [5, 5.41) is -0.372. The molecular weight excluding hydrogens is 423 g/mol. The van der Waals surface area contributed by atoms with Gasteiger partial charge in [-0.25, -0.2) is 4.39 Å². The Bertz CT molecular complexity index is 1110. The van der Waals surface area contributed by atoms with Gasteiger partial charge in [0.05, 0.1) is 11.4 Å². The quantitative estimate of drug-likeness (QED) is 0.493. The molecule has 1 saturated heterocycles. The smallest absolute Gasteiger partial charge is 0.293 e. The maximum Gasteiger partial charge on any atom is 0.293 e. The fourth-order valence-electron chi connectivity index (χ4n) is 5.12. The van der Waals surface area contributed by atoms with Crippen molar-refractivity contribution in [1.29, 1.82) is 0 Å². The van der Waals surface area contributed by atoms with Gasteiger partial charge in [0.1, 0.15) is 5.82 Å². The van der Waals surface area contributed by atoms with Crippen LogP contribution in [0.2, 0.25) is 0 Å². The molecule has 0 radical (unpaired) electrons. The molecule has 0 spiro atoms. The third-order valence-electron chi connectivity index (χ3n) is 6.27. The van der Waals surface area contributed by atoms with Gasteiger partial charge in [-0.2, -0.15) is 0 Å². The van der Waals surface area contributed by atoms with Gasteiger partial charge in [-0.15, -0.1) is 0 Å². The second-order valence-corrected chi connectivity index (χ2v) is 10.6. The fourth-order valence-corrected chi connectivity index (χ4v) is 5.96. The summed E-state index contributed by atoms with van der Waals surface area (Å²) < 4.78 is 14.0. The van der Waals surface area contributed by atoms with Gasteiger partial charge in [-0.3, -0.25) is 14.5 Å². The third kappa shape index (κ3) is 4.08. The van der Waals surface area contributed by atoms with Crippen molar-refractivity contribution in [3.05, 3.63) is 69.9 Å². The summed E-state index contributed by atoms with van der Waals surface area (Å²) in [6, 6.07) is 12.9. The molecule has 2 amide bonds. The van der Waals surface area contributed by atoms with Crippen LogP contribution in [0.15, 0.2) is 47.4 Å². The lowest BCUT2D eigenvalue weighted by Crippen LogP contribution is -2.51. The summed E-state index contributed by atoms with van der Waals surface area (Å²) in [4.78, 5) is 29.3. The minimum absolute atomic E-state index is 0.0612. The number of anilines is 1. The van der Waals surface area contributed by atoms with Crippen molar-refractivity contribution in [1.82, 2.24) is 4.90 Å². The van der Waals surface area contributed by atoms with Crippen molar-refractivity contribution in [3.63, 3.8) is 0 Å². The molecule has 4 rings (SSSR count). The van der Waals surface area contributed by atoms with Crippen LogP contribution in [0, 0.1) is 5.82 Å². The average Bonchev–Trinajstić information content (AvgIpc) is 2.96. The van der Waals surface area contributed by atoms with Crippen LogP contribution in [0.25, 0.3) is 6.08 Å². The van der Waals surface area contributed by atoms with Crippen LogP contribution < -0.4 is 4.90 Å². The highest BCUT2D eigenvalue weighted by molar-refractivity contribution is 8.18. The lowest BCUT2D eigenvalue weighted by molar-refractivity contribution is -0.123. The maximum atomic E-state index is 14.0. The minimum atomic E-state index is -0.420. The summed E-state index contributed by atoms with van der Waals surface area (Å²) in [5.74, 6) is -0.407. The first-order valence-corrected chi connectivity index (χ1v) is 11.8. The Balaban J connectivity index is 1.62. The van der Waals surface area contributed by atoms with Crippen molar-refractivity contribution >= 4 is 34.7 Å². The van der Waals surface area contributed by atoms with Gasteiger partial charge in [-0.05, 0) is 87.2 Å². The molecule has 6 heteroatoms. The largest absolute Gasteiger partial charge is 0.364 e. The standard InChI is InChI=1S/C26H29FN2O2S/c1-16(2)29-22-11-10-18(12-20(22)17(3)14-26(29,4)5)13-23-24(30)28(25(31)32-23)15-19-8-6-7-9-21(19)27/h6-13,16-17H,14-15H2,1-5H3/b23-13-/t17-/m0/s1. The van der Waals surface area contributed by atoms with Crippen LogP contribution >= 0.6 is 11.8 Å². The number of carbonyl (C=O) groups excluding carboxylic acids is 2. The number of thioether (sulfide) groups is 1. The number of benzene rings is 2. The molecule has 1 atom stereocenters. The van der Waals surface area contributed by atoms with Crippen molar-refractivity contribution in [2.75, 3.05) is 4.90 Å². The Hall–Kier alpha value is -2.60. The molecular formula is C26H29FN2O2S. The summed E-state index contributed by atoms with van der Waals surface area (Å²) in [6.45, 7) is 11.2.